The Balaban J connectivity index is 2.08. The van der Waals surface area contributed by atoms with Crippen LogP contribution in [0.1, 0.15) is 19.3 Å². The van der Waals surface area contributed by atoms with E-state index >= 15 is 0 Å². The molecule has 0 saturated heterocycles. The number of hydrogen-bond donors (Lipinski definition) is 0. The first-order valence-corrected chi connectivity index (χ1v) is 4.16. The highest BCUT2D eigenvalue weighted by Gasteiger charge is 2.19. The molecule has 70 valence electrons. The smallest absolute Gasteiger partial charge is 0.271 e. The minimum absolute atomic E-state index is 0.134. The largest absolute Gasteiger partial charge is 0.368 e. The molecule has 4 heteroatoms. The van der Waals surface area contributed by atoms with E-state index in [9.17, 15) is 4.79 Å². The van der Waals surface area contributed by atoms with Gasteiger partial charge in [0, 0.05) is 7.05 Å². The number of hydroxylamine groups is 2. The Kier molecular flexibility index (Phi) is 3.49. The Hall–Kier alpha value is -0.610. The third-order valence-corrected chi connectivity index (χ3v) is 2.12. The van der Waals surface area contributed by atoms with Gasteiger partial charge in [-0.1, -0.05) is 0 Å². The van der Waals surface area contributed by atoms with Crippen LogP contribution >= 0.6 is 0 Å². The van der Waals surface area contributed by atoms with Crippen LogP contribution in [0.25, 0.3) is 0 Å². The Morgan fingerprint density at radius 3 is 2.67 bits per heavy atom. The first-order valence-electron chi connectivity index (χ1n) is 4.16. The van der Waals surface area contributed by atoms with Crippen LogP contribution in [0.4, 0.5) is 0 Å². The monoisotopic (exact) mass is 173 g/mol. The number of carbonyl (C=O) groups is 1. The normalized spacial score (nSPS) is 17.2. The van der Waals surface area contributed by atoms with Crippen molar-refractivity contribution in [3.8, 4) is 0 Å². The summed E-state index contributed by atoms with van der Waals surface area (Å²) in [5, 5.41) is 1.18. The predicted octanol–water partition coefficient (Wildman–Crippen LogP) is 0.575. The zero-order valence-electron chi connectivity index (χ0n) is 7.58. The average molecular weight is 173 g/mol. The molecular weight excluding hydrogens is 158 g/mol. The third-order valence-electron chi connectivity index (χ3n) is 2.12. The van der Waals surface area contributed by atoms with E-state index in [0.29, 0.717) is 6.10 Å². The van der Waals surface area contributed by atoms with Crippen LogP contribution in [0.5, 0.6) is 0 Å². The molecule has 0 spiro atoms. The van der Waals surface area contributed by atoms with Gasteiger partial charge in [-0.3, -0.25) is 9.63 Å². The molecular formula is C8H15NO3. The lowest BCUT2D eigenvalue weighted by molar-refractivity contribution is -0.176. The topological polar surface area (TPSA) is 38.8 Å². The van der Waals surface area contributed by atoms with Crippen LogP contribution in [-0.2, 0) is 14.4 Å². The minimum Gasteiger partial charge on any atom is -0.368 e. The molecule has 0 heterocycles. The first-order chi connectivity index (χ1) is 5.74. The summed E-state index contributed by atoms with van der Waals surface area (Å²) < 4.78 is 5.29. The zero-order chi connectivity index (χ0) is 8.97. The molecule has 1 saturated carbocycles. The number of likely N-dealkylation sites (N-methyl/N-ethyl adjacent to an activating group) is 1. The molecule has 1 amide bonds. The Labute approximate surface area is 72.4 Å². The minimum atomic E-state index is -0.135. The second-order valence-electron chi connectivity index (χ2n) is 2.94. The van der Waals surface area contributed by atoms with Gasteiger partial charge in [0.25, 0.3) is 5.91 Å². The van der Waals surface area contributed by atoms with Crippen molar-refractivity contribution in [3.63, 3.8) is 0 Å². The van der Waals surface area contributed by atoms with Crippen molar-refractivity contribution in [2.45, 2.75) is 25.4 Å². The molecule has 1 fully saturated rings. The summed E-state index contributed by atoms with van der Waals surface area (Å²) >= 11 is 0. The summed E-state index contributed by atoms with van der Waals surface area (Å²) in [4.78, 5) is 15.8. The van der Waals surface area contributed by atoms with E-state index in [1.165, 1.54) is 18.6 Å². The van der Waals surface area contributed by atoms with Crippen LogP contribution < -0.4 is 0 Å². The quantitative estimate of drug-likeness (QED) is 0.583. The average Bonchev–Trinajstić information content (AvgIpc) is 2.00. The molecule has 0 aromatic rings. The van der Waals surface area contributed by atoms with Crippen molar-refractivity contribution in [2.75, 3.05) is 20.8 Å². The molecule has 0 aliphatic heterocycles. The Morgan fingerprint density at radius 2 is 2.25 bits per heavy atom. The van der Waals surface area contributed by atoms with Crippen molar-refractivity contribution >= 4 is 5.91 Å². The van der Waals surface area contributed by atoms with Gasteiger partial charge < -0.3 is 4.74 Å². The maximum Gasteiger partial charge on any atom is 0.271 e. The molecule has 1 aliphatic carbocycles. The van der Waals surface area contributed by atoms with Gasteiger partial charge in [0.2, 0.25) is 0 Å². The summed E-state index contributed by atoms with van der Waals surface area (Å²) in [5.74, 6) is -0.135. The molecule has 0 aromatic carbocycles. The predicted molar refractivity (Wildman–Crippen MR) is 43.4 cm³/mol. The van der Waals surface area contributed by atoms with Crippen molar-refractivity contribution in [1.82, 2.24) is 5.06 Å². The maximum atomic E-state index is 11.1. The van der Waals surface area contributed by atoms with Crippen LogP contribution in [0, 0.1) is 0 Å². The van der Waals surface area contributed by atoms with Gasteiger partial charge in [-0.25, -0.2) is 5.06 Å². The number of rotatable bonds is 4. The lowest BCUT2D eigenvalue weighted by atomic mass is 9.96. The fourth-order valence-corrected chi connectivity index (χ4v) is 0.919. The lowest BCUT2D eigenvalue weighted by Gasteiger charge is -2.25. The highest BCUT2D eigenvalue weighted by atomic mass is 16.7. The van der Waals surface area contributed by atoms with E-state index in [4.69, 9.17) is 9.57 Å². The van der Waals surface area contributed by atoms with Gasteiger partial charge in [0.05, 0.1) is 13.2 Å². The van der Waals surface area contributed by atoms with Crippen molar-refractivity contribution < 1.29 is 14.4 Å². The highest BCUT2D eigenvalue weighted by molar-refractivity contribution is 5.76. The van der Waals surface area contributed by atoms with Crippen LogP contribution in [0.2, 0.25) is 0 Å². The molecule has 12 heavy (non-hydrogen) atoms. The van der Waals surface area contributed by atoms with Gasteiger partial charge in [0.1, 0.15) is 6.61 Å². The summed E-state index contributed by atoms with van der Waals surface area (Å²) in [5.41, 5.74) is 0. The summed E-state index contributed by atoms with van der Waals surface area (Å²) in [6, 6.07) is 0. The van der Waals surface area contributed by atoms with E-state index in [-0.39, 0.29) is 12.5 Å². The Bertz CT molecular complexity index is 156. The number of nitrogens with zero attached hydrogens (tertiary/aromatic N) is 1. The van der Waals surface area contributed by atoms with E-state index in [1.54, 1.807) is 7.05 Å². The molecule has 0 radical (unpaired) electrons. The zero-order valence-corrected chi connectivity index (χ0v) is 7.58. The van der Waals surface area contributed by atoms with Crippen LogP contribution in [-0.4, -0.2) is 37.8 Å². The van der Waals surface area contributed by atoms with E-state index in [1.807, 2.05) is 0 Å². The second-order valence-corrected chi connectivity index (χ2v) is 2.94. The van der Waals surface area contributed by atoms with Gasteiger partial charge in [-0.05, 0) is 19.3 Å². The maximum absolute atomic E-state index is 11.1. The lowest BCUT2D eigenvalue weighted by Crippen LogP contribution is -2.32. The highest BCUT2D eigenvalue weighted by Crippen LogP contribution is 2.21. The van der Waals surface area contributed by atoms with Crippen LogP contribution in [0.15, 0.2) is 0 Å². The summed E-state index contributed by atoms with van der Waals surface area (Å²) in [6.07, 6.45) is 3.70. The number of ether oxygens (including phenoxy) is 1. The molecule has 0 N–H and O–H groups in total. The fraction of sp³-hybridized carbons (Fsp3) is 0.875. The van der Waals surface area contributed by atoms with E-state index < -0.39 is 0 Å². The molecule has 1 rings (SSSR count). The van der Waals surface area contributed by atoms with Crippen LogP contribution in [0.3, 0.4) is 0 Å². The number of hydrogen-bond acceptors (Lipinski definition) is 3. The molecule has 0 atom stereocenters. The van der Waals surface area contributed by atoms with Gasteiger partial charge in [0.15, 0.2) is 0 Å². The van der Waals surface area contributed by atoms with Gasteiger partial charge in [-0.15, -0.1) is 0 Å². The number of amides is 1. The van der Waals surface area contributed by atoms with Crippen molar-refractivity contribution in [1.29, 1.82) is 0 Å². The number of carbonyl (C=O) groups excluding carboxylic acids is 1. The van der Waals surface area contributed by atoms with Gasteiger partial charge >= 0.3 is 0 Å². The molecule has 1 aliphatic rings. The summed E-state index contributed by atoms with van der Waals surface area (Å²) in [6.45, 7) is 0.134. The standard InChI is InChI=1S/C8H15NO3/c1-9(11-2)8(10)6-12-7-4-3-5-7/h7H,3-6H2,1-2H3. The Morgan fingerprint density at radius 1 is 1.58 bits per heavy atom. The molecule has 0 bridgehead atoms. The molecule has 0 unspecified atom stereocenters. The second kappa shape index (κ2) is 4.42. The molecule has 4 nitrogen and oxygen atoms in total. The SMILES string of the molecule is CON(C)C(=O)COC1CCC1. The third kappa shape index (κ3) is 2.46. The van der Waals surface area contributed by atoms with Crippen molar-refractivity contribution in [2.24, 2.45) is 0 Å². The fourth-order valence-electron chi connectivity index (χ4n) is 0.919. The van der Waals surface area contributed by atoms with Crippen molar-refractivity contribution in [3.05, 3.63) is 0 Å². The first kappa shape index (κ1) is 9.48. The van der Waals surface area contributed by atoms with Gasteiger partial charge in [-0.2, -0.15) is 0 Å². The summed E-state index contributed by atoms with van der Waals surface area (Å²) in [7, 11) is 3.04. The van der Waals surface area contributed by atoms with E-state index in [2.05, 4.69) is 0 Å². The van der Waals surface area contributed by atoms with E-state index in [0.717, 1.165) is 12.8 Å². The molecule has 0 aromatic heterocycles.